The summed E-state index contributed by atoms with van der Waals surface area (Å²) < 4.78 is 5.64. The van der Waals surface area contributed by atoms with Crippen LogP contribution in [0.3, 0.4) is 0 Å². The van der Waals surface area contributed by atoms with E-state index in [-0.39, 0.29) is 11.9 Å². The molecule has 102 valence electrons. The summed E-state index contributed by atoms with van der Waals surface area (Å²) in [6.45, 7) is 2.54. The van der Waals surface area contributed by atoms with E-state index in [2.05, 4.69) is 5.32 Å². The number of nitrogens with two attached hydrogens (primary N) is 1. The maximum Gasteiger partial charge on any atom is 0.237 e. The molecular formula is C12H19ClN2O2S. The molecule has 1 rings (SSSR count). The second-order valence-electron chi connectivity index (χ2n) is 4.11. The summed E-state index contributed by atoms with van der Waals surface area (Å²) in [5.74, 6) is -0.136. The SMILES string of the molecule is COCCCC(N)C(=O)NC(C)c1ccc(Cl)s1. The Bertz CT molecular complexity index is 384. The van der Waals surface area contributed by atoms with E-state index >= 15 is 0 Å². The molecule has 1 aromatic rings. The number of rotatable bonds is 7. The highest BCUT2D eigenvalue weighted by molar-refractivity contribution is 7.16. The van der Waals surface area contributed by atoms with Gasteiger partial charge in [-0.1, -0.05) is 11.6 Å². The lowest BCUT2D eigenvalue weighted by Crippen LogP contribution is -2.41. The Morgan fingerprint density at radius 2 is 2.33 bits per heavy atom. The molecule has 0 radical (unpaired) electrons. The van der Waals surface area contributed by atoms with Crippen molar-refractivity contribution in [2.45, 2.75) is 31.8 Å². The van der Waals surface area contributed by atoms with Gasteiger partial charge in [-0.15, -0.1) is 11.3 Å². The number of hydrogen-bond acceptors (Lipinski definition) is 4. The molecule has 3 N–H and O–H groups in total. The van der Waals surface area contributed by atoms with Crippen molar-refractivity contribution < 1.29 is 9.53 Å². The summed E-state index contributed by atoms with van der Waals surface area (Å²) >= 11 is 7.32. The summed E-state index contributed by atoms with van der Waals surface area (Å²) in [6.07, 6.45) is 1.40. The molecule has 18 heavy (non-hydrogen) atoms. The summed E-state index contributed by atoms with van der Waals surface area (Å²) in [4.78, 5) is 12.8. The van der Waals surface area contributed by atoms with E-state index in [1.54, 1.807) is 7.11 Å². The number of hydrogen-bond donors (Lipinski definition) is 2. The van der Waals surface area contributed by atoms with Crippen LogP contribution in [0.2, 0.25) is 4.34 Å². The Morgan fingerprint density at radius 1 is 1.61 bits per heavy atom. The van der Waals surface area contributed by atoms with E-state index in [1.165, 1.54) is 11.3 Å². The number of carbonyl (C=O) groups excluding carboxylic acids is 1. The second-order valence-corrected chi connectivity index (χ2v) is 5.86. The molecule has 1 heterocycles. The first-order valence-electron chi connectivity index (χ1n) is 5.84. The number of amides is 1. The van der Waals surface area contributed by atoms with Gasteiger partial charge >= 0.3 is 0 Å². The molecule has 1 amide bonds. The predicted octanol–water partition coefficient (Wildman–Crippen LogP) is 2.33. The minimum absolute atomic E-state index is 0.0662. The van der Waals surface area contributed by atoms with E-state index in [0.717, 1.165) is 15.6 Å². The lowest BCUT2D eigenvalue weighted by Gasteiger charge is -2.16. The zero-order chi connectivity index (χ0) is 13.5. The molecule has 0 saturated heterocycles. The standard InChI is InChI=1S/C12H19ClN2O2S/c1-8(10-5-6-11(13)18-10)15-12(16)9(14)4-3-7-17-2/h5-6,8-9H,3-4,7,14H2,1-2H3,(H,15,16). The Labute approximate surface area is 116 Å². The van der Waals surface area contributed by atoms with Crippen molar-refractivity contribution in [3.63, 3.8) is 0 Å². The Morgan fingerprint density at radius 3 is 2.89 bits per heavy atom. The fraction of sp³-hybridized carbons (Fsp3) is 0.583. The number of nitrogens with one attached hydrogen (secondary N) is 1. The Hall–Kier alpha value is -0.620. The van der Waals surface area contributed by atoms with Gasteiger partial charge in [0.05, 0.1) is 16.4 Å². The van der Waals surface area contributed by atoms with Crippen molar-refractivity contribution in [2.24, 2.45) is 5.73 Å². The maximum absolute atomic E-state index is 11.8. The van der Waals surface area contributed by atoms with Crippen LogP contribution in [0.5, 0.6) is 0 Å². The Balaban J connectivity index is 2.39. The molecule has 0 bridgehead atoms. The summed E-state index contributed by atoms with van der Waals surface area (Å²) in [5.41, 5.74) is 5.80. The zero-order valence-corrected chi connectivity index (χ0v) is 12.2. The number of ether oxygens (including phenoxy) is 1. The van der Waals surface area contributed by atoms with Crippen LogP contribution in [0.1, 0.15) is 30.7 Å². The van der Waals surface area contributed by atoms with Crippen LogP contribution in [0.4, 0.5) is 0 Å². The first-order chi connectivity index (χ1) is 8.54. The molecule has 6 heteroatoms. The molecule has 0 aromatic carbocycles. The molecule has 0 saturated carbocycles. The van der Waals surface area contributed by atoms with Gasteiger partial charge in [0.15, 0.2) is 0 Å². The number of halogens is 1. The average molecular weight is 291 g/mol. The highest BCUT2D eigenvalue weighted by Crippen LogP contribution is 2.26. The minimum atomic E-state index is -0.488. The van der Waals surface area contributed by atoms with E-state index in [9.17, 15) is 4.79 Å². The molecule has 0 aliphatic rings. The van der Waals surface area contributed by atoms with Crippen molar-refractivity contribution in [1.29, 1.82) is 0 Å². The quantitative estimate of drug-likeness (QED) is 0.758. The molecule has 1 aromatic heterocycles. The Kier molecular flexibility index (Phi) is 6.63. The molecule has 2 unspecified atom stereocenters. The van der Waals surface area contributed by atoms with Gasteiger partial charge in [-0.25, -0.2) is 0 Å². The monoisotopic (exact) mass is 290 g/mol. The smallest absolute Gasteiger partial charge is 0.237 e. The first kappa shape index (κ1) is 15.4. The van der Waals surface area contributed by atoms with Crippen LogP contribution in [-0.4, -0.2) is 25.7 Å². The first-order valence-corrected chi connectivity index (χ1v) is 7.04. The molecule has 4 nitrogen and oxygen atoms in total. The van der Waals surface area contributed by atoms with E-state index in [4.69, 9.17) is 22.1 Å². The van der Waals surface area contributed by atoms with Gasteiger partial charge in [0, 0.05) is 18.6 Å². The fourth-order valence-corrected chi connectivity index (χ4v) is 2.59. The van der Waals surface area contributed by atoms with Gasteiger partial charge in [0.25, 0.3) is 0 Å². The maximum atomic E-state index is 11.8. The van der Waals surface area contributed by atoms with E-state index in [1.807, 2.05) is 19.1 Å². The van der Waals surface area contributed by atoms with Crippen LogP contribution in [0, 0.1) is 0 Å². The lowest BCUT2D eigenvalue weighted by atomic mass is 10.1. The number of methoxy groups -OCH3 is 1. The largest absolute Gasteiger partial charge is 0.385 e. The fourth-order valence-electron chi connectivity index (χ4n) is 1.53. The van der Waals surface area contributed by atoms with Crippen LogP contribution >= 0.6 is 22.9 Å². The highest BCUT2D eigenvalue weighted by atomic mass is 35.5. The van der Waals surface area contributed by atoms with Gasteiger partial charge < -0.3 is 15.8 Å². The normalized spacial score (nSPS) is 14.2. The highest BCUT2D eigenvalue weighted by Gasteiger charge is 2.17. The van der Waals surface area contributed by atoms with E-state index in [0.29, 0.717) is 13.0 Å². The summed E-state index contributed by atoms with van der Waals surface area (Å²) in [7, 11) is 1.63. The molecule has 2 atom stereocenters. The molecule has 0 aliphatic heterocycles. The third-order valence-corrected chi connectivity index (χ3v) is 3.99. The van der Waals surface area contributed by atoms with Crippen molar-refractivity contribution >= 4 is 28.8 Å². The number of thiophene rings is 1. The molecule has 0 aliphatic carbocycles. The van der Waals surface area contributed by atoms with Crippen LogP contribution in [0.25, 0.3) is 0 Å². The van der Waals surface area contributed by atoms with Gasteiger partial charge in [-0.2, -0.15) is 0 Å². The lowest BCUT2D eigenvalue weighted by molar-refractivity contribution is -0.123. The summed E-state index contributed by atoms with van der Waals surface area (Å²) in [6, 6.07) is 3.18. The molecular weight excluding hydrogens is 272 g/mol. The van der Waals surface area contributed by atoms with Gasteiger partial charge in [-0.05, 0) is 31.9 Å². The van der Waals surface area contributed by atoms with Crippen molar-refractivity contribution in [2.75, 3.05) is 13.7 Å². The molecule has 0 fully saturated rings. The second kappa shape index (κ2) is 7.74. The van der Waals surface area contributed by atoms with Gasteiger partial charge in [-0.3, -0.25) is 4.79 Å². The number of carbonyl (C=O) groups is 1. The zero-order valence-electron chi connectivity index (χ0n) is 10.6. The van der Waals surface area contributed by atoms with Crippen molar-refractivity contribution in [3.8, 4) is 0 Å². The summed E-state index contributed by atoms with van der Waals surface area (Å²) in [5, 5.41) is 2.88. The third-order valence-electron chi connectivity index (χ3n) is 2.58. The van der Waals surface area contributed by atoms with Crippen molar-refractivity contribution in [3.05, 3.63) is 21.3 Å². The third kappa shape index (κ3) is 4.94. The van der Waals surface area contributed by atoms with E-state index < -0.39 is 6.04 Å². The predicted molar refractivity (Wildman–Crippen MR) is 75.0 cm³/mol. The topological polar surface area (TPSA) is 64.3 Å². The van der Waals surface area contributed by atoms with Gasteiger partial charge in [0.1, 0.15) is 0 Å². The molecule has 0 spiro atoms. The minimum Gasteiger partial charge on any atom is -0.385 e. The van der Waals surface area contributed by atoms with Crippen LogP contribution < -0.4 is 11.1 Å². The average Bonchev–Trinajstić information content (AvgIpc) is 2.76. The van der Waals surface area contributed by atoms with Crippen LogP contribution in [-0.2, 0) is 9.53 Å². The van der Waals surface area contributed by atoms with Crippen molar-refractivity contribution in [1.82, 2.24) is 5.32 Å². The van der Waals surface area contributed by atoms with Crippen LogP contribution in [0.15, 0.2) is 12.1 Å². The van der Waals surface area contributed by atoms with Gasteiger partial charge in [0.2, 0.25) is 5.91 Å².